The Morgan fingerprint density at radius 2 is 1.92 bits per heavy atom. The first-order chi connectivity index (χ1) is 11.4. The highest BCUT2D eigenvalue weighted by Crippen LogP contribution is 2.40. The summed E-state index contributed by atoms with van der Waals surface area (Å²) >= 11 is 0. The highest BCUT2D eigenvalue weighted by atomic mass is 16.5. The van der Waals surface area contributed by atoms with Crippen molar-refractivity contribution in [3.8, 4) is 11.5 Å². The molecule has 4 heteroatoms. The predicted octanol–water partition coefficient (Wildman–Crippen LogP) is 4.21. The molecule has 0 bridgehead atoms. The Morgan fingerprint density at radius 3 is 2.58 bits per heavy atom. The minimum Gasteiger partial charge on any atom is -0.483 e. The molecule has 2 aromatic rings. The Hall–Kier alpha value is -2.88. The molecule has 1 heterocycles. The van der Waals surface area contributed by atoms with Gasteiger partial charge in [-0.1, -0.05) is 18.2 Å². The second-order valence-electron chi connectivity index (χ2n) is 6.26. The monoisotopic (exact) mass is 322 g/mol. The van der Waals surface area contributed by atoms with Gasteiger partial charge in [0.25, 0.3) is 0 Å². The lowest BCUT2D eigenvalue weighted by molar-refractivity contribution is 0.0732. The van der Waals surface area contributed by atoms with E-state index >= 15 is 0 Å². The molecule has 0 aromatic heterocycles. The number of ether oxygens (including phenoxy) is 2. The van der Waals surface area contributed by atoms with E-state index in [0.29, 0.717) is 34.3 Å². The highest BCUT2D eigenvalue weighted by Gasteiger charge is 2.27. The van der Waals surface area contributed by atoms with Crippen molar-refractivity contribution < 1.29 is 19.1 Å². The van der Waals surface area contributed by atoms with Crippen molar-refractivity contribution >= 4 is 18.3 Å². The van der Waals surface area contributed by atoms with Crippen LogP contribution in [0, 0.1) is 6.92 Å². The average molecular weight is 322 g/mol. The number of benzene rings is 2. The van der Waals surface area contributed by atoms with E-state index in [4.69, 9.17) is 9.47 Å². The van der Waals surface area contributed by atoms with E-state index in [0.717, 1.165) is 0 Å². The van der Waals surface area contributed by atoms with E-state index in [9.17, 15) is 9.59 Å². The lowest BCUT2D eigenvalue weighted by atomic mass is 9.97. The van der Waals surface area contributed by atoms with Gasteiger partial charge in [0.2, 0.25) is 0 Å². The van der Waals surface area contributed by atoms with Crippen molar-refractivity contribution in [2.45, 2.75) is 26.4 Å². The first-order valence-electron chi connectivity index (χ1n) is 7.69. The number of rotatable bonds is 3. The minimum absolute atomic E-state index is 0.237. The number of hydrogen-bond donors (Lipinski definition) is 0. The van der Waals surface area contributed by atoms with Crippen molar-refractivity contribution in [1.29, 1.82) is 0 Å². The zero-order valence-electron chi connectivity index (χ0n) is 13.8. The number of fused-ring (bicyclic) bond motifs is 1. The fraction of sp³-hybridized carbons (Fsp3) is 0.200. The molecule has 0 spiro atoms. The maximum Gasteiger partial charge on any atom is 0.343 e. The molecule has 3 rings (SSSR count). The third-order valence-electron chi connectivity index (χ3n) is 3.87. The number of carbonyl (C=O) groups excluding carboxylic acids is 2. The summed E-state index contributed by atoms with van der Waals surface area (Å²) in [5, 5.41) is 0. The third-order valence-corrected chi connectivity index (χ3v) is 3.87. The van der Waals surface area contributed by atoms with Gasteiger partial charge in [-0.3, -0.25) is 4.79 Å². The molecule has 122 valence electrons. The van der Waals surface area contributed by atoms with Crippen LogP contribution in [0.15, 0.2) is 42.5 Å². The zero-order chi connectivity index (χ0) is 17.3. The molecular weight excluding hydrogens is 304 g/mol. The van der Waals surface area contributed by atoms with Gasteiger partial charge in [-0.2, -0.15) is 0 Å². The Labute approximate surface area is 140 Å². The van der Waals surface area contributed by atoms with Crippen LogP contribution in [0.3, 0.4) is 0 Å². The smallest absolute Gasteiger partial charge is 0.343 e. The molecular formula is C20H18O4. The van der Waals surface area contributed by atoms with Gasteiger partial charge in [0.1, 0.15) is 11.4 Å². The van der Waals surface area contributed by atoms with E-state index in [1.807, 2.05) is 32.1 Å². The van der Waals surface area contributed by atoms with Gasteiger partial charge < -0.3 is 9.47 Å². The van der Waals surface area contributed by atoms with Crippen LogP contribution in [0.1, 0.15) is 45.7 Å². The lowest BCUT2D eigenvalue weighted by Crippen LogP contribution is -2.28. The molecule has 0 radical (unpaired) electrons. The second-order valence-corrected chi connectivity index (χ2v) is 6.26. The molecule has 0 saturated heterocycles. The van der Waals surface area contributed by atoms with Gasteiger partial charge in [0.15, 0.2) is 12.0 Å². The van der Waals surface area contributed by atoms with Crippen LogP contribution in [0.4, 0.5) is 0 Å². The summed E-state index contributed by atoms with van der Waals surface area (Å²) in [5.41, 5.74) is 1.62. The van der Waals surface area contributed by atoms with E-state index in [-0.39, 0.29) is 5.75 Å². The zero-order valence-corrected chi connectivity index (χ0v) is 13.8. The molecule has 0 saturated carbocycles. The van der Waals surface area contributed by atoms with Crippen LogP contribution in [0.25, 0.3) is 6.08 Å². The van der Waals surface area contributed by atoms with E-state index < -0.39 is 11.6 Å². The fourth-order valence-electron chi connectivity index (χ4n) is 2.61. The number of aldehydes is 1. The van der Waals surface area contributed by atoms with Crippen molar-refractivity contribution in [3.05, 3.63) is 64.7 Å². The van der Waals surface area contributed by atoms with E-state index in [2.05, 4.69) is 0 Å². The molecule has 0 aliphatic carbocycles. The minimum atomic E-state index is -0.510. The molecule has 4 nitrogen and oxygen atoms in total. The number of aryl methyl sites for hydroxylation is 1. The first kappa shape index (κ1) is 16.0. The summed E-state index contributed by atoms with van der Waals surface area (Å²) in [6, 6.07) is 10.5. The molecule has 0 amide bonds. The summed E-state index contributed by atoms with van der Waals surface area (Å²) in [7, 11) is 0. The summed E-state index contributed by atoms with van der Waals surface area (Å²) in [6.07, 6.45) is 4.41. The maximum absolute atomic E-state index is 12.4. The van der Waals surface area contributed by atoms with Crippen LogP contribution < -0.4 is 9.47 Å². The molecule has 0 fully saturated rings. The number of hydrogen-bond acceptors (Lipinski definition) is 4. The van der Waals surface area contributed by atoms with Crippen molar-refractivity contribution in [2.24, 2.45) is 0 Å². The van der Waals surface area contributed by atoms with Crippen LogP contribution in [0.5, 0.6) is 11.5 Å². The predicted molar refractivity (Wildman–Crippen MR) is 91.7 cm³/mol. The summed E-state index contributed by atoms with van der Waals surface area (Å²) in [6.45, 7) is 5.66. The van der Waals surface area contributed by atoms with Crippen LogP contribution in [0.2, 0.25) is 0 Å². The van der Waals surface area contributed by atoms with E-state index in [1.54, 1.807) is 37.3 Å². The molecule has 0 unspecified atom stereocenters. The quantitative estimate of drug-likeness (QED) is 0.482. The molecule has 2 aromatic carbocycles. The van der Waals surface area contributed by atoms with Crippen LogP contribution in [-0.4, -0.2) is 17.9 Å². The van der Waals surface area contributed by atoms with Crippen molar-refractivity contribution in [2.75, 3.05) is 0 Å². The highest BCUT2D eigenvalue weighted by molar-refractivity contribution is 5.95. The molecule has 1 aliphatic rings. The summed E-state index contributed by atoms with van der Waals surface area (Å²) < 4.78 is 11.5. The normalized spacial score (nSPS) is 14.5. The molecule has 1 aliphatic heterocycles. The Bertz CT molecular complexity index is 832. The summed E-state index contributed by atoms with van der Waals surface area (Å²) in [4.78, 5) is 23.9. The van der Waals surface area contributed by atoms with Crippen molar-refractivity contribution in [1.82, 2.24) is 0 Å². The first-order valence-corrected chi connectivity index (χ1v) is 7.69. The SMILES string of the molecule is Cc1cc2c(c(OC(=O)c3ccccc3)c1C=O)C=CC(C)(C)O2. The second kappa shape index (κ2) is 5.96. The number of carbonyl (C=O) groups is 2. The average Bonchev–Trinajstić information content (AvgIpc) is 2.54. The Kier molecular flexibility index (Phi) is 3.97. The Balaban J connectivity index is 2.08. The number of esters is 1. The topological polar surface area (TPSA) is 52.6 Å². The fourth-order valence-corrected chi connectivity index (χ4v) is 2.61. The van der Waals surface area contributed by atoms with Crippen molar-refractivity contribution in [3.63, 3.8) is 0 Å². The van der Waals surface area contributed by atoms with Gasteiger partial charge >= 0.3 is 5.97 Å². The van der Waals surface area contributed by atoms with Gasteiger partial charge in [0, 0.05) is 0 Å². The molecule has 0 atom stereocenters. The molecule has 24 heavy (non-hydrogen) atoms. The Morgan fingerprint density at radius 1 is 1.21 bits per heavy atom. The lowest BCUT2D eigenvalue weighted by Gasteiger charge is -2.29. The summed E-state index contributed by atoms with van der Waals surface area (Å²) in [5.74, 6) is 0.326. The van der Waals surface area contributed by atoms with Gasteiger partial charge in [-0.05, 0) is 56.7 Å². The third kappa shape index (κ3) is 2.95. The van der Waals surface area contributed by atoms with Gasteiger partial charge in [-0.15, -0.1) is 0 Å². The van der Waals surface area contributed by atoms with Gasteiger partial charge in [0.05, 0.1) is 16.7 Å². The van der Waals surface area contributed by atoms with Gasteiger partial charge in [-0.25, -0.2) is 4.79 Å². The molecule has 0 N–H and O–H groups in total. The van der Waals surface area contributed by atoms with Crippen LogP contribution in [-0.2, 0) is 0 Å². The van der Waals surface area contributed by atoms with E-state index in [1.165, 1.54) is 0 Å². The maximum atomic E-state index is 12.4. The largest absolute Gasteiger partial charge is 0.483 e. The standard InChI is InChI=1S/C20H18O4/c1-13-11-17-15(9-10-20(2,3)24-17)18(16(13)12-21)23-19(22)14-7-5-4-6-8-14/h4-12H,1-3H3. The van der Waals surface area contributed by atoms with Crippen LogP contribution >= 0.6 is 0 Å².